The van der Waals surface area contributed by atoms with Gasteiger partial charge in [0.2, 0.25) is 0 Å². The van der Waals surface area contributed by atoms with Gasteiger partial charge < -0.3 is 10.1 Å². The summed E-state index contributed by atoms with van der Waals surface area (Å²) in [7, 11) is 0. The number of ether oxygens (including phenoxy) is 1. The zero-order valence-electron chi connectivity index (χ0n) is 13.8. The Morgan fingerprint density at radius 3 is 2.60 bits per heavy atom. The Labute approximate surface area is 145 Å². The van der Waals surface area contributed by atoms with Crippen LogP contribution in [0.2, 0.25) is 0 Å². The Hall–Kier alpha value is -3.41. The largest absolute Gasteiger partial charge is 0.494 e. The highest BCUT2D eigenvalue weighted by Crippen LogP contribution is 2.24. The SMILES string of the molecule is CCOc1ccc(Nc2cc(-c3ccccc3)nc3ncnn23)cc1. The average molecular weight is 331 g/mol. The van der Waals surface area contributed by atoms with Crippen molar-refractivity contribution in [2.75, 3.05) is 11.9 Å². The maximum Gasteiger partial charge on any atom is 0.254 e. The van der Waals surface area contributed by atoms with Crippen molar-refractivity contribution in [2.45, 2.75) is 6.92 Å². The van der Waals surface area contributed by atoms with E-state index in [4.69, 9.17) is 4.74 Å². The maximum atomic E-state index is 5.48. The van der Waals surface area contributed by atoms with Crippen molar-refractivity contribution < 1.29 is 4.74 Å². The molecule has 0 aliphatic carbocycles. The van der Waals surface area contributed by atoms with Crippen LogP contribution in [0.25, 0.3) is 17.0 Å². The van der Waals surface area contributed by atoms with Crippen molar-refractivity contribution in [3.8, 4) is 17.0 Å². The molecule has 2 aromatic heterocycles. The summed E-state index contributed by atoms with van der Waals surface area (Å²) in [6, 6.07) is 19.8. The van der Waals surface area contributed by atoms with Gasteiger partial charge in [-0.15, -0.1) is 0 Å². The van der Waals surface area contributed by atoms with E-state index >= 15 is 0 Å². The standard InChI is InChI=1S/C19H17N5O/c1-2-25-16-10-8-15(9-11-16)22-18-12-17(14-6-4-3-5-7-14)23-19-20-13-21-24(18)19/h3-13,22H,2H2,1H3. The summed E-state index contributed by atoms with van der Waals surface area (Å²) in [5.41, 5.74) is 2.81. The van der Waals surface area contributed by atoms with E-state index in [0.29, 0.717) is 12.4 Å². The van der Waals surface area contributed by atoms with Crippen LogP contribution in [0.3, 0.4) is 0 Å². The molecule has 0 amide bonds. The minimum atomic E-state index is 0.551. The van der Waals surface area contributed by atoms with Crippen LogP contribution in [0.15, 0.2) is 67.0 Å². The van der Waals surface area contributed by atoms with E-state index in [2.05, 4.69) is 20.4 Å². The molecule has 0 atom stereocenters. The fourth-order valence-electron chi connectivity index (χ4n) is 2.61. The lowest BCUT2D eigenvalue weighted by atomic mass is 10.1. The first kappa shape index (κ1) is 15.1. The number of anilines is 2. The number of rotatable bonds is 5. The molecule has 1 N–H and O–H groups in total. The summed E-state index contributed by atoms with van der Waals surface area (Å²) >= 11 is 0. The average Bonchev–Trinajstić information content (AvgIpc) is 3.13. The monoisotopic (exact) mass is 331 g/mol. The van der Waals surface area contributed by atoms with Crippen LogP contribution < -0.4 is 10.1 Å². The fraction of sp³-hybridized carbons (Fsp3) is 0.105. The van der Waals surface area contributed by atoms with E-state index in [1.165, 1.54) is 6.33 Å². The first-order valence-corrected chi connectivity index (χ1v) is 8.09. The molecule has 124 valence electrons. The molecule has 4 rings (SSSR count). The zero-order valence-corrected chi connectivity index (χ0v) is 13.8. The molecule has 0 saturated heterocycles. The number of benzene rings is 2. The van der Waals surface area contributed by atoms with Crippen LogP contribution in [0.1, 0.15) is 6.92 Å². The van der Waals surface area contributed by atoms with Crippen molar-refractivity contribution in [3.05, 3.63) is 67.0 Å². The summed E-state index contributed by atoms with van der Waals surface area (Å²) in [4.78, 5) is 8.80. The highest BCUT2D eigenvalue weighted by atomic mass is 16.5. The Bertz CT molecular complexity index is 980. The van der Waals surface area contributed by atoms with Crippen LogP contribution >= 0.6 is 0 Å². The zero-order chi connectivity index (χ0) is 17.1. The van der Waals surface area contributed by atoms with Crippen molar-refractivity contribution >= 4 is 17.3 Å². The number of nitrogens with one attached hydrogen (secondary N) is 1. The van der Waals surface area contributed by atoms with Crippen LogP contribution in [0.4, 0.5) is 11.5 Å². The fourth-order valence-corrected chi connectivity index (χ4v) is 2.61. The highest BCUT2D eigenvalue weighted by Gasteiger charge is 2.09. The first-order chi connectivity index (χ1) is 12.3. The molecule has 0 spiro atoms. The second-order valence-corrected chi connectivity index (χ2v) is 5.45. The highest BCUT2D eigenvalue weighted by molar-refractivity contribution is 5.68. The summed E-state index contributed by atoms with van der Waals surface area (Å²) in [6.45, 7) is 2.62. The topological polar surface area (TPSA) is 64.3 Å². The van der Waals surface area contributed by atoms with Crippen LogP contribution in [0, 0.1) is 0 Å². The smallest absolute Gasteiger partial charge is 0.254 e. The maximum absolute atomic E-state index is 5.48. The van der Waals surface area contributed by atoms with Crippen molar-refractivity contribution in [1.82, 2.24) is 19.6 Å². The van der Waals surface area contributed by atoms with Gasteiger partial charge in [0.05, 0.1) is 12.3 Å². The summed E-state index contributed by atoms with van der Waals surface area (Å²) < 4.78 is 7.16. The van der Waals surface area contributed by atoms with E-state index in [0.717, 1.165) is 28.5 Å². The molecule has 0 radical (unpaired) electrons. The van der Waals surface area contributed by atoms with Gasteiger partial charge in [0.1, 0.15) is 17.9 Å². The van der Waals surface area contributed by atoms with Gasteiger partial charge in [0, 0.05) is 17.3 Å². The van der Waals surface area contributed by atoms with Crippen LogP contribution in [0.5, 0.6) is 5.75 Å². The van der Waals surface area contributed by atoms with Gasteiger partial charge >= 0.3 is 0 Å². The Balaban J connectivity index is 1.72. The minimum Gasteiger partial charge on any atom is -0.494 e. The third-order valence-electron chi connectivity index (χ3n) is 3.76. The molecule has 6 nitrogen and oxygen atoms in total. The second kappa shape index (κ2) is 6.60. The first-order valence-electron chi connectivity index (χ1n) is 8.09. The van der Waals surface area contributed by atoms with Crippen molar-refractivity contribution in [3.63, 3.8) is 0 Å². The normalized spacial score (nSPS) is 10.8. The molecule has 0 unspecified atom stereocenters. The number of fused-ring (bicyclic) bond motifs is 1. The van der Waals surface area contributed by atoms with Gasteiger partial charge in [-0.3, -0.25) is 0 Å². The lowest BCUT2D eigenvalue weighted by molar-refractivity contribution is 0.340. The predicted molar refractivity (Wildman–Crippen MR) is 97.1 cm³/mol. The van der Waals surface area contributed by atoms with Gasteiger partial charge in [-0.25, -0.2) is 4.98 Å². The molecule has 0 saturated carbocycles. The second-order valence-electron chi connectivity index (χ2n) is 5.45. The minimum absolute atomic E-state index is 0.551. The molecule has 4 aromatic rings. The quantitative estimate of drug-likeness (QED) is 0.600. The van der Waals surface area contributed by atoms with Crippen molar-refractivity contribution in [2.24, 2.45) is 0 Å². The number of hydrogen-bond acceptors (Lipinski definition) is 5. The van der Waals surface area contributed by atoms with E-state index in [1.807, 2.05) is 67.6 Å². The Kier molecular flexibility index (Phi) is 4.00. The third-order valence-corrected chi connectivity index (χ3v) is 3.76. The number of aromatic nitrogens is 4. The number of nitrogens with zero attached hydrogens (tertiary/aromatic N) is 4. The van der Waals surface area contributed by atoms with E-state index in [9.17, 15) is 0 Å². The lowest BCUT2D eigenvalue weighted by Crippen LogP contribution is -2.02. The van der Waals surface area contributed by atoms with Gasteiger partial charge in [-0.05, 0) is 31.2 Å². The van der Waals surface area contributed by atoms with Gasteiger partial charge in [0.15, 0.2) is 0 Å². The lowest BCUT2D eigenvalue weighted by Gasteiger charge is -2.11. The molecular weight excluding hydrogens is 314 g/mol. The van der Waals surface area contributed by atoms with E-state index in [1.54, 1.807) is 4.52 Å². The molecule has 2 aromatic carbocycles. The molecular formula is C19H17N5O. The third kappa shape index (κ3) is 3.14. The van der Waals surface area contributed by atoms with Crippen LogP contribution in [-0.4, -0.2) is 26.2 Å². The molecule has 0 aliphatic heterocycles. The van der Waals surface area contributed by atoms with Gasteiger partial charge in [0.25, 0.3) is 5.78 Å². The molecule has 6 heteroatoms. The summed E-state index contributed by atoms with van der Waals surface area (Å²) in [5.74, 6) is 2.19. The predicted octanol–water partition coefficient (Wildman–Crippen LogP) is 3.93. The summed E-state index contributed by atoms with van der Waals surface area (Å²) in [6.07, 6.45) is 1.50. The van der Waals surface area contributed by atoms with Gasteiger partial charge in [-0.2, -0.15) is 14.6 Å². The molecule has 0 fully saturated rings. The Morgan fingerprint density at radius 1 is 1.04 bits per heavy atom. The molecule has 0 bridgehead atoms. The Morgan fingerprint density at radius 2 is 1.84 bits per heavy atom. The van der Waals surface area contributed by atoms with Crippen LogP contribution in [-0.2, 0) is 0 Å². The van der Waals surface area contributed by atoms with E-state index < -0.39 is 0 Å². The number of hydrogen-bond donors (Lipinski definition) is 1. The molecule has 0 aliphatic rings. The molecule has 2 heterocycles. The molecule has 25 heavy (non-hydrogen) atoms. The van der Waals surface area contributed by atoms with E-state index in [-0.39, 0.29) is 0 Å². The summed E-state index contributed by atoms with van der Waals surface area (Å²) in [5, 5.41) is 7.63. The van der Waals surface area contributed by atoms with Gasteiger partial charge in [-0.1, -0.05) is 30.3 Å². The van der Waals surface area contributed by atoms with Crippen molar-refractivity contribution in [1.29, 1.82) is 0 Å².